The molecule has 0 bridgehead atoms. The second-order valence-corrected chi connectivity index (χ2v) is 2.58. The average Bonchev–Trinajstić information content (AvgIpc) is 2.04. The summed E-state index contributed by atoms with van der Waals surface area (Å²) in [7, 11) is 0. The largest absolute Gasteiger partial charge is 0.400 e. The van der Waals surface area contributed by atoms with E-state index < -0.39 is 0 Å². The third-order valence-corrected chi connectivity index (χ3v) is 1.72. The molecule has 1 aliphatic carbocycles. The highest BCUT2D eigenvalue weighted by molar-refractivity contribution is 6.32. The van der Waals surface area contributed by atoms with Crippen molar-refractivity contribution in [1.29, 1.82) is 0 Å². The summed E-state index contributed by atoms with van der Waals surface area (Å²) in [6, 6.07) is -0.243. The maximum atomic E-state index is 10.8. The minimum atomic E-state index is -0.319. The number of nitrogens with two attached hydrogens (primary N) is 1. The van der Waals surface area contributed by atoms with Crippen LogP contribution in [0.2, 0.25) is 0 Å². The van der Waals surface area contributed by atoms with Gasteiger partial charge in [0.1, 0.15) is 6.04 Å². The molecule has 60 valence electrons. The standard InChI is InChI=1S/C8H7N3O/c9-5-2-1-3-6-8(5)10-4-7(12)11-6/h1-4,8H,9H2. The van der Waals surface area contributed by atoms with Crippen molar-refractivity contribution in [2.75, 3.05) is 0 Å². The molecule has 0 aromatic carbocycles. The lowest BCUT2D eigenvalue weighted by molar-refractivity contribution is -0.111. The number of allylic oxidation sites excluding steroid dienone is 2. The smallest absolute Gasteiger partial charge is 0.288 e. The zero-order chi connectivity index (χ0) is 8.55. The third-order valence-electron chi connectivity index (χ3n) is 1.72. The van der Waals surface area contributed by atoms with Gasteiger partial charge in [0.25, 0.3) is 5.91 Å². The van der Waals surface area contributed by atoms with E-state index in [4.69, 9.17) is 5.73 Å². The number of rotatable bonds is 0. The third kappa shape index (κ3) is 0.972. The predicted molar refractivity (Wildman–Crippen MR) is 46.1 cm³/mol. The van der Waals surface area contributed by atoms with Gasteiger partial charge in [-0.1, -0.05) is 6.08 Å². The van der Waals surface area contributed by atoms with Gasteiger partial charge in [-0.2, -0.15) is 0 Å². The normalized spacial score (nSPS) is 26.3. The van der Waals surface area contributed by atoms with Gasteiger partial charge in [-0.25, -0.2) is 4.99 Å². The van der Waals surface area contributed by atoms with Gasteiger partial charge in [-0.15, -0.1) is 0 Å². The van der Waals surface area contributed by atoms with Crippen molar-refractivity contribution in [1.82, 2.24) is 0 Å². The molecule has 12 heavy (non-hydrogen) atoms. The summed E-state index contributed by atoms with van der Waals surface area (Å²) in [6.45, 7) is 0. The number of aliphatic imine (C=N–C) groups is 2. The Morgan fingerprint density at radius 1 is 1.50 bits per heavy atom. The topological polar surface area (TPSA) is 67.8 Å². The van der Waals surface area contributed by atoms with Crippen molar-refractivity contribution in [3.8, 4) is 0 Å². The Balaban J connectivity index is 2.42. The number of hydrogen-bond acceptors (Lipinski definition) is 3. The number of nitrogens with zero attached hydrogens (tertiary/aromatic N) is 2. The predicted octanol–water partition coefficient (Wildman–Crippen LogP) is -0.181. The zero-order valence-electron chi connectivity index (χ0n) is 6.27. The summed E-state index contributed by atoms with van der Waals surface area (Å²) >= 11 is 0. The van der Waals surface area contributed by atoms with Crippen LogP contribution in [0.3, 0.4) is 0 Å². The van der Waals surface area contributed by atoms with E-state index >= 15 is 0 Å². The summed E-state index contributed by atoms with van der Waals surface area (Å²) in [5.41, 5.74) is 6.89. The molecular formula is C8H7N3O. The molecule has 0 aromatic rings. The molecule has 1 atom stereocenters. The van der Waals surface area contributed by atoms with E-state index in [0.717, 1.165) is 0 Å². The molecular weight excluding hydrogens is 154 g/mol. The number of carbonyl (C=O) groups is 1. The molecule has 0 saturated heterocycles. The molecule has 0 spiro atoms. The van der Waals surface area contributed by atoms with E-state index in [2.05, 4.69) is 9.98 Å². The van der Waals surface area contributed by atoms with E-state index in [9.17, 15) is 4.79 Å². The molecule has 2 rings (SSSR count). The fourth-order valence-electron chi connectivity index (χ4n) is 1.17. The Morgan fingerprint density at radius 3 is 3.17 bits per heavy atom. The molecule has 0 fully saturated rings. The fraction of sp³-hybridized carbons (Fsp3) is 0.125. The van der Waals surface area contributed by atoms with E-state index in [-0.39, 0.29) is 11.9 Å². The van der Waals surface area contributed by atoms with Gasteiger partial charge in [0, 0.05) is 5.70 Å². The average molecular weight is 161 g/mol. The lowest BCUT2D eigenvalue weighted by Gasteiger charge is -2.17. The van der Waals surface area contributed by atoms with Crippen LogP contribution in [0.1, 0.15) is 0 Å². The number of amides is 1. The highest BCUT2D eigenvalue weighted by Crippen LogP contribution is 2.12. The van der Waals surface area contributed by atoms with Gasteiger partial charge in [0.15, 0.2) is 0 Å². The van der Waals surface area contributed by atoms with Crippen LogP contribution in [0, 0.1) is 0 Å². The zero-order valence-corrected chi connectivity index (χ0v) is 6.27. The molecule has 2 aliphatic rings. The van der Waals surface area contributed by atoms with Gasteiger partial charge in [-0.05, 0) is 12.2 Å². The Labute approximate surface area is 69.2 Å². The summed E-state index contributed by atoms with van der Waals surface area (Å²) < 4.78 is 0. The van der Waals surface area contributed by atoms with Crippen molar-refractivity contribution in [3.05, 3.63) is 23.9 Å². The van der Waals surface area contributed by atoms with Crippen molar-refractivity contribution in [2.45, 2.75) is 6.04 Å². The minimum absolute atomic E-state index is 0.243. The minimum Gasteiger partial charge on any atom is -0.400 e. The number of hydrogen-bond donors (Lipinski definition) is 1. The maximum absolute atomic E-state index is 10.8. The van der Waals surface area contributed by atoms with Gasteiger partial charge in [0.2, 0.25) is 0 Å². The summed E-state index contributed by atoms with van der Waals surface area (Å²) in [6.07, 6.45) is 6.47. The van der Waals surface area contributed by atoms with E-state index in [1.165, 1.54) is 6.21 Å². The quantitative estimate of drug-likeness (QED) is 0.535. The number of fused-ring (bicyclic) bond motifs is 1. The Kier molecular flexibility index (Phi) is 1.40. The first-order chi connectivity index (χ1) is 5.77. The first-order valence-electron chi connectivity index (χ1n) is 3.57. The maximum Gasteiger partial charge on any atom is 0.288 e. The van der Waals surface area contributed by atoms with Crippen molar-refractivity contribution in [2.24, 2.45) is 15.7 Å². The van der Waals surface area contributed by atoms with Crippen LogP contribution in [-0.4, -0.2) is 23.9 Å². The van der Waals surface area contributed by atoms with E-state index in [1.54, 1.807) is 18.2 Å². The van der Waals surface area contributed by atoms with Gasteiger partial charge in [-0.3, -0.25) is 9.79 Å². The molecule has 1 amide bonds. The molecule has 4 heteroatoms. The summed E-state index contributed by atoms with van der Waals surface area (Å²) in [5.74, 6) is -0.319. The van der Waals surface area contributed by atoms with Gasteiger partial charge in [0.05, 0.1) is 11.9 Å². The first kappa shape index (κ1) is 6.97. The molecule has 4 nitrogen and oxygen atoms in total. The van der Waals surface area contributed by atoms with Gasteiger partial charge >= 0.3 is 0 Å². The van der Waals surface area contributed by atoms with E-state index in [1.807, 2.05) is 0 Å². The second-order valence-electron chi connectivity index (χ2n) is 2.58. The molecule has 1 heterocycles. The summed E-state index contributed by atoms with van der Waals surface area (Å²) in [5, 5.41) is 0. The van der Waals surface area contributed by atoms with Crippen LogP contribution >= 0.6 is 0 Å². The second kappa shape index (κ2) is 2.41. The van der Waals surface area contributed by atoms with Crippen LogP contribution in [0.4, 0.5) is 0 Å². The monoisotopic (exact) mass is 161 g/mol. The van der Waals surface area contributed by atoms with Crippen molar-refractivity contribution < 1.29 is 4.79 Å². The Morgan fingerprint density at radius 2 is 2.33 bits per heavy atom. The van der Waals surface area contributed by atoms with Crippen molar-refractivity contribution >= 4 is 17.8 Å². The molecule has 0 saturated carbocycles. The Hall–Kier alpha value is -1.71. The molecule has 0 radical (unpaired) electrons. The van der Waals surface area contributed by atoms with Crippen LogP contribution in [0.5, 0.6) is 0 Å². The molecule has 0 aromatic heterocycles. The van der Waals surface area contributed by atoms with Crippen LogP contribution in [0.25, 0.3) is 0 Å². The SMILES string of the molecule is NC1=CC=CC2=NC(=O)C=NC12. The number of carbonyl (C=O) groups excluding carboxylic acids is 1. The van der Waals surface area contributed by atoms with Crippen molar-refractivity contribution in [3.63, 3.8) is 0 Å². The first-order valence-corrected chi connectivity index (χ1v) is 3.57. The van der Waals surface area contributed by atoms with Gasteiger partial charge < -0.3 is 5.73 Å². The lowest BCUT2D eigenvalue weighted by Crippen LogP contribution is -2.30. The lowest BCUT2D eigenvalue weighted by atomic mass is 10.0. The van der Waals surface area contributed by atoms with Crippen LogP contribution in [0.15, 0.2) is 33.9 Å². The molecule has 1 unspecified atom stereocenters. The van der Waals surface area contributed by atoms with E-state index in [0.29, 0.717) is 11.4 Å². The summed E-state index contributed by atoms with van der Waals surface area (Å²) in [4.78, 5) is 18.5. The fourth-order valence-corrected chi connectivity index (χ4v) is 1.17. The highest BCUT2D eigenvalue weighted by Gasteiger charge is 2.21. The van der Waals surface area contributed by atoms with Crippen LogP contribution in [-0.2, 0) is 4.79 Å². The van der Waals surface area contributed by atoms with Crippen LogP contribution < -0.4 is 5.73 Å². The molecule has 1 aliphatic heterocycles. The molecule has 2 N–H and O–H groups in total. The highest BCUT2D eigenvalue weighted by atomic mass is 16.1. The Bertz CT molecular complexity index is 349.